The Hall–Kier alpha value is -0.530. The summed E-state index contributed by atoms with van der Waals surface area (Å²) in [5, 5.41) is 0. The number of rotatable bonds is 5. The fourth-order valence-corrected chi connectivity index (χ4v) is 0.570. The van der Waals surface area contributed by atoms with Crippen molar-refractivity contribution in [1.29, 1.82) is 0 Å². The fraction of sp³-hybridized carbons (Fsp3) is 0.750. The third-order valence-electron chi connectivity index (χ3n) is 1.15. The third-order valence-corrected chi connectivity index (χ3v) is 1.15. The van der Waals surface area contributed by atoms with E-state index in [1.807, 2.05) is 13.3 Å². The second kappa shape index (κ2) is 6.59. The lowest BCUT2D eigenvalue weighted by atomic mass is 10.2. The van der Waals surface area contributed by atoms with E-state index in [-0.39, 0.29) is 5.97 Å². The molecule has 0 fully saturated rings. The Morgan fingerprint density at radius 2 is 2.30 bits per heavy atom. The molecule has 0 spiro atoms. The Kier molecular flexibility index (Phi) is 6.24. The van der Waals surface area contributed by atoms with Crippen molar-refractivity contribution < 1.29 is 9.53 Å². The number of ether oxygens (including phenoxy) is 1. The molecular weight excluding hydrogens is 128 g/mol. The van der Waals surface area contributed by atoms with E-state index in [9.17, 15) is 4.79 Å². The van der Waals surface area contributed by atoms with Gasteiger partial charge in [0.15, 0.2) is 0 Å². The lowest BCUT2D eigenvalue weighted by Crippen LogP contribution is -2.04. The minimum absolute atomic E-state index is 0.0834. The van der Waals surface area contributed by atoms with Crippen LogP contribution in [0.4, 0.5) is 0 Å². The minimum atomic E-state index is -0.0834. The predicted octanol–water partition coefficient (Wildman–Crippen LogP) is 1.94. The van der Waals surface area contributed by atoms with Crippen molar-refractivity contribution in [3.05, 3.63) is 6.42 Å². The van der Waals surface area contributed by atoms with E-state index < -0.39 is 0 Å². The number of esters is 1. The maximum atomic E-state index is 10.7. The fourth-order valence-electron chi connectivity index (χ4n) is 0.570. The van der Waals surface area contributed by atoms with Crippen molar-refractivity contribution in [3.63, 3.8) is 0 Å². The topological polar surface area (TPSA) is 26.3 Å². The number of carbonyl (C=O) groups excluding carboxylic acids is 1. The molecule has 0 aromatic heterocycles. The van der Waals surface area contributed by atoms with Crippen molar-refractivity contribution in [2.45, 2.75) is 33.1 Å². The molecule has 0 bridgehead atoms. The Labute approximate surface area is 62.6 Å². The summed E-state index contributed by atoms with van der Waals surface area (Å²) in [6.07, 6.45) is 4.36. The highest BCUT2D eigenvalue weighted by Gasteiger charge is 1.98. The largest absolute Gasteiger partial charge is 0.465 e. The second-order valence-electron chi connectivity index (χ2n) is 2.19. The van der Waals surface area contributed by atoms with Crippen molar-refractivity contribution in [2.24, 2.45) is 0 Å². The molecule has 0 rings (SSSR count). The monoisotopic (exact) mass is 143 g/mol. The lowest BCUT2D eigenvalue weighted by molar-refractivity contribution is -0.142. The summed E-state index contributed by atoms with van der Waals surface area (Å²) in [5.74, 6) is -0.0834. The zero-order valence-electron chi connectivity index (χ0n) is 6.72. The first-order valence-electron chi connectivity index (χ1n) is 3.74. The molecule has 2 nitrogen and oxygen atoms in total. The van der Waals surface area contributed by atoms with Gasteiger partial charge in [-0.25, -0.2) is 0 Å². The SMILES string of the molecule is C[CH]COC(=O)CCCC. The standard InChI is InChI=1S/C8H15O2/c1-3-5-6-8(9)10-7-4-2/h4H,3,5-7H2,1-2H3. The molecule has 0 saturated heterocycles. The van der Waals surface area contributed by atoms with Gasteiger partial charge in [0.2, 0.25) is 0 Å². The molecule has 0 aliphatic heterocycles. The Balaban J connectivity index is 3.09. The van der Waals surface area contributed by atoms with Crippen LogP contribution in [-0.4, -0.2) is 12.6 Å². The maximum Gasteiger partial charge on any atom is 0.305 e. The van der Waals surface area contributed by atoms with E-state index in [0.717, 1.165) is 12.8 Å². The van der Waals surface area contributed by atoms with E-state index in [1.54, 1.807) is 0 Å². The second-order valence-corrected chi connectivity index (χ2v) is 2.19. The normalized spacial score (nSPS) is 9.40. The van der Waals surface area contributed by atoms with Crippen LogP contribution < -0.4 is 0 Å². The van der Waals surface area contributed by atoms with Crippen LogP contribution in [0.1, 0.15) is 33.1 Å². The molecule has 2 heteroatoms. The van der Waals surface area contributed by atoms with Gasteiger partial charge in [-0.2, -0.15) is 0 Å². The molecule has 0 aromatic rings. The quantitative estimate of drug-likeness (QED) is 0.550. The highest BCUT2D eigenvalue weighted by atomic mass is 16.5. The molecule has 0 aliphatic rings. The highest BCUT2D eigenvalue weighted by Crippen LogP contribution is 1.96. The first-order valence-corrected chi connectivity index (χ1v) is 3.74. The van der Waals surface area contributed by atoms with Gasteiger partial charge in [0.05, 0.1) is 6.61 Å². The molecule has 10 heavy (non-hydrogen) atoms. The summed E-state index contributed by atoms with van der Waals surface area (Å²) in [6, 6.07) is 0. The average Bonchev–Trinajstić information content (AvgIpc) is 1.97. The third kappa shape index (κ3) is 5.60. The Morgan fingerprint density at radius 3 is 2.80 bits per heavy atom. The van der Waals surface area contributed by atoms with Crippen LogP contribution in [-0.2, 0) is 9.53 Å². The van der Waals surface area contributed by atoms with Crippen LogP contribution in [0, 0.1) is 6.42 Å². The van der Waals surface area contributed by atoms with Crippen LogP contribution in [0.3, 0.4) is 0 Å². The molecule has 0 saturated carbocycles. The summed E-state index contributed by atoms with van der Waals surface area (Å²) < 4.78 is 4.80. The van der Waals surface area contributed by atoms with Gasteiger partial charge in [-0.05, 0) is 12.8 Å². The van der Waals surface area contributed by atoms with Crippen LogP contribution in [0.25, 0.3) is 0 Å². The summed E-state index contributed by atoms with van der Waals surface area (Å²) in [4.78, 5) is 10.7. The van der Waals surface area contributed by atoms with Crippen molar-refractivity contribution in [3.8, 4) is 0 Å². The van der Waals surface area contributed by atoms with E-state index in [0.29, 0.717) is 13.0 Å². The van der Waals surface area contributed by atoms with E-state index >= 15 is 0 Å². The number of unbranched alkanes of at least 4 members (excludes halogenated alkanes) is 1. The molecule has 0 amide bonds. The number of hydrogen-bond donors (Lipinski definition) is 0. The summed E-state index contributed by atoms with van der Waals surface area (Å²) in [5.41, 5.74) is 0. The summed E-state index contributed by atoms with van der Waals surface area (Å²) in [7, 11) is 0. The average molecular weight is 143 g/mol. The highest BCUT2D eigenvalue weighted by molar-refractivity contribution is 5.69. The van der Waals surface area contributed by atoms with Crippen LogP contribution >= 0.6 is 0 Å². The van der Waals surface area contributed by atoms with Crippen LogP contribution in [0.15, 0.2) is 0 Å². The Bertz CT molecular complexity index is 79.3. The molecule has 0 heterocycles. The molecule has 0 N–H and O–H groups in total. The van der Waals surface area contributed by atoms with Gasteiger partial charge in [-0.3, -0.25) is 4.79 Å². The predicted molar refractivity (Wildman–Crippen MR) is 40.5 cm³/mol. The zero-order chi connectivity index (χ0) is 7.82. The number of carbonyl (C=O) groups is 1. The molecule has 0 aromatic carbocycles. The van der Waals surface area contributed by atoms with E-state index in [2.05, 4.69) is 6.92 Å². The molecule has 0 atom stereocenters. The van der Waals surface area contributed by atoms with E-state index in [4.69, 9.17) is 4.74 Å². The van der Waals surface area contributed by atoms with Gasteiger partial charge in [0.1, 0.15) is 0 Å². The molecular formula is C8H15O2. The van der Waals surface area contributed by atoms with Gasteiger partial charge in [-0.15, -0.1) is 0 Å². The van der Waals surface area contributed by atoms with Gasteiger partial charge in [0, 0.05) is 6.42 Å². The molecule has 0 unspecified atom stereocenters. The zero-order valence-corrected chi connectivity index (χ0v) is 6.72. The van der Waals surface area contributed by atoms with E-state index in [1.165, 1.54) is 0 Å². The Morgan fingerprint density at radius 1 is 1.60 bits per heavy atom. The van der Waals surface area contributed by atoms with Gasteiger partial charge < -0.3 is 4.74 Å². The summed E-state index contributed by atoms with van der Waals surface area (Å²) in [6.45, 7) is 4.37. The summed E-state index contributed by atoms with van der Waals surface area (Å²) >= 11 is 0. The van der Waals surface area contributed by atoms with Gasteiger partial charge in [0.25, 0.3) is 0 Å². The molecule has 1 radical (unpaired) electrons. The molecule has 0 aliphatic carbocycles. The number of hydrogen-bond acceptors (Lipinski definition) is 2. The van der Waals surface area contributed by atoms with Crippen molar-refractivity contribution >= 4 is 5.97 Å². The van der Waals surface area contributed by atoms with Crippen LogP contribution in [0.2, 0.25) is 0 Å². The first kappa shape index (κ1) is 9.47. The molecule has 59 valence electrons. The first-order chi connectivity index (χ1) is 4.81. The van der Waals surface area contributed by atoms with Crippen LogP contribution in [0.5, 0.6) is 0 Å². The smallest absolute Gasteiger partial charge is 0.305 e. The lowest BCUT2D eigenvalue weighted by Gasteiger charge is -2.00. The van der Waals surface area contributed by atoms with Crippen molar-refractivity contribution in [2.75, 3.05) is 6.61 Å². The maximum absolute atomic E-state index is 10.7. The van der Waals surface area contributed by atoms with Crippen molar-refractivity contribution in [1.82, 2.24) is 0 Å². The minimum Gasteiger partial charge on any atom is -0.465 e. The van der Waals surface area contributed by atoms with Gasteiger partial charge >= 0.3 is 5.97 Å². The van der Waals surface area contributed by atoms with Gasteiger partial charge in [-0.1, -0.05) is 20.3 Å².